The zero-order valence-corrected chi connectivity index (χ0v) is 10.2. The zero-order chi connectivity index (χ0) is 11.8. The van der Waals surface area contributed by atoms with E-state index >= 15 is 0 Å². The Morgan fingerprint density at radius 3 is 3.00 bits per heavy atom. The Bertz CT molecular complexity index is 556. The summed E-state index contributed by atoms with van der Waals surface area (Å²) in [6, 6.07) is 0. The third-order valence-corrected chi connectivity index (χ3v) is 3.66. The number of hydrogen-bond acceptors (Lipinski definition) is 3. The second-order valence-electron chi connectivity index (χ2n) is 4.76. The molecule has 3 rings (SSSR count). The first-order chi connectivity index (χ1) is 8.31. The van der Waals surface area contributed by atoms with Gasteiger partial charge in [0.1, 0.15) is 5.52 Å². The predicted octanol–water partition coefficient (Wildman–Crippen LogP) is 1.35. The lowest BCUT2D eigenvalue weighted by Crippen LogP contribution is -2.10. The molecule has 2 aromatic heterocycles. The van der Waals surface area contributed by atoms with Crippen LogP contribution in [0.15, 0.2) is 6.20 Å². The molecule has 0 fully saturated rings. The molecule has 0 aromatic carbocycles. The van der Waals surface area contributed by atoms with Gasteiger partial charge in [0, 0.05) is 30.2 Å². The first-order valence-corrected chi connectivity index (χ1v) is 6.33. The highest BCUT2D eigenvalue weighted by Crippen LogP contribution is 2.29. The van der Waals surface area contributed by atoms with Crippen molar-refractivity contribution in [1.82, 2.24) is 14.8 Å². The molecule has 2 heterocycles. The minimum atomic E-state index is 0.672. The monoisotopic (exact) mass is 230 g/mol. The van der Waals surface area contributed by atoms with Gasteiger partial charge in [-0.3, -0.25) is 9.67 Å². The molecule has 0 bridgehead atoms. The molecule has 2 aromatic rings. The molecule has 2 N–H and O–H groups in total. The number of nitrogens with two attached hydrogens (primary N) is 1. The maximum absolute atomic E-state index is 5.70. The number of rotatable bonds is 2. The fraction of sp³-hybridized carbons (Fsp3) is 0.538. The van der Waals surface area contributed by atoms with Crippen LogP contribution in [0.1, 0.15) is 29.8 Å². The summed E-state index contributed by atoms with van der Waals surface area (Å²) in [6.07, 6.45) is 7.59. The van der Waals surface area contributed by atoms with Gasteiger partial charge in [0.05, 0.1) is 6.20 Å². The lowest BCUT2D eigenvalue weighted by atomic mass is 9.92. The van der Waals surface area contributed by atoms with Crippen LogP contribution in [0.3, 0.4) is 0 Å². The van der Waals surface area contributed by atoms with Crippen LogP contribution in [0, 0.1) is 0 Å². The Labute approximate surface area is 101 Å². The Hall–Kier alpha value is -1.42. The van der Waals surface area contributed by atoms with Gasteiger partial charge in [-0.1, -0.05) is 0 Å². The van der Waals surface area contributed by atoms with Gasteiger partial charge in [-0.2, -0.15) is 5.10 Å². The first kappa shape index (κ1) is 10.7. The predicted molar refractivity (Wildman–Crippen MR) is 67.9 cm³/mol. The highest BCUT2D eigenvalue weighted by Gasteiger charge is 2.18. The summed E-state index contributed by atoms with van der Waals surface area (Å²) in [4.78, 5) is 4.55. The smallest absolute Gasteiger partial charge is 0.111 e. The largest absolute Gasteiger partial charge is 0.330 e. The van der Waals surface area contributed by atoms with Crippen molar-refractivity contribution < 1.29 is 0 Å². The Balaban J connectivity index is 2.28. The van der Waals surface area contributed by atoms with Gasteiger partial charge < -0.3 is 5.73 Å². The molecule has 4 heteroatoms. The molecule has 0 saturated carbocycles. The van der Waals surface area contributed by atoms with E-state index in [9.17, 15) is 0 Å². The van der Waals surface area contributed by atoms with E-state index in [4.69, 9.17) is 5.73 Å². The molecule has 0 spiro atoms. The minimum absolute atomic E-state index is 0.672. The summed E-state index contributed by atoms with van der Waals surface area (Å²) in [5.41, 5.74) is 10.7. The highest BCUT2D eigenvalue weighted by molar-refractivity contribution is 5.85. The number of hydrogen-bond donors (Lipinski definition) is 1. The third kappa shape index (κ3) is 1.63. The third-order valence-electron chi connectivity index (χ3n) is 3.66. The van der Waals surface area contributed by atoms with Crippen molar-refractivity contribution in [2.75, 3.05) is 6.54 Å². The van der Waals surface area contributed by atoms with Gasteiger partial charge in [-0.15, -0.1) is 0 Å². The van der Waals surface area contributed by atoms with Crippen molar-refractivity contribution in [2.45, 2.75) is 32.1 Å². The maximum Gasteiger partial charge on any atom is 0.111 e. The SMILES string of the molecule is Cn1nc2cnc3c(c2c1CCN)CCCC3. The zero-order valence-electron chi connectivity index (χ0n) is 10.2. The lowest BCUT2D eigenvalue weighted by molar-refractivity contribution is 0.672. The van der Waals surface area contributed by atoms with E-state index in [-0.39, 0.29) is 0 Å². The van der Waals surface area contributed by atoms with Crippen LogP contribution in [0.25, 0.3) is 10.9 Å². The van der Waals surface area contributed by atoms with E-state index in [0.29, 0.717) is 6.54 Å². The fourth-order valence-electron chi connectivity index (χ4n) is 2.86. The number of fused-ring (bicyclic) bond motifs is 3. The number of aryl methyl sites for hydroxylation is 3. The molecular formula is C13H18N4. The van der Waals surface area contributed by atoms with Crippen LogP contribution in [0.2, 0.25) is 0 Å². The topological polar surface area (TPSA) is 56.7 Å². The van der Waals surface area contributed by atoms with Crippen LogP contribution >= 0.6 is 0 Å². The molecule has 0 saturated heterocycles. The molecule has 1 aliphatic rings. The fourth-order valence-corrected chi connectivity index (χ4v) is 2.86. The van der Waals surface area contributed by atoms with Crippen molar-refractivity contribution in [3.63, 3.8) is 0 Å². The first-order valence-electron chi connectivity index (χ1n) is 6.33. The van der Waals surface area contributed by atoms with Crippen LogP contribution in [0.5, 0.6) is 0 Å². The van der Waals surface area contributed by atoms with Gasteiger partial charge in [-0.05, 0) is 37.8 Å². The van der Waals surface area contributed by atoms with E-state index in [0.717, 1.165) is 24.8 Å². The van der Waals surface area contributed by atoms with E-state index < -0.39 is 0 Å². The van der Waals surface area contributed by atoms with Crippen molar-refractivity contribution in [3.8, 4) is 0 Å². The average molecular weight is 230 g/mol. The summed E-state index contributed by atoms with van der Waals surface area (Å²) >= 11 is 0. The highest BCUT2D eigenvalue weighted by atomic mass is 15.3. The second-order valence-corrected chi connectivity index (χ2v) is 4.76. The number of aromatic nitrogens is 3. The van der Waals surface area contributed by atoms with E-state index in [1.165, 1.54) is 35.2 Å². The van der Waals surface area contributed by atoms with Gasteiger partial charge in [-0.25, -0.2) is 0 Å². The normalized spacial score (nSPS) is 15.2. The summed E-state index contributed by atoms with van der Waals surface area (Å²) in [7, 11) is 2.00. The molecule has 17 heavy (non-hydrogen) atoms. The minimum Gasteiger partial charge on any atom is -0.330 e. The Kier molecular flexibility index (Phi) is 2.59. The molecule has 0 unspecified atom stereocenters. The van der Waals surface area contributed by atoms with Gasteiger partial charge in [0.15, 0.2) is 0 Å². The summed E-state index contributed by atoms with van der Waals surface area (Å²) in [6.45, 7) is 0.672. The summed E-state index contributed by atoms with van der Waals surface area (Å²) in [5.74, 6) is 0. The number of nitrogens with zero attached hydrogens (tertiary/aromatic N) is 3. The van der Waals surface area contributed by atoms with Crippen molar-refractivity contribution in [3.05, 3.63) is 23.1 Å². The molecule has 1 aliphatic carbocycles. The van der Waals surface area contributed by atoms with Crippen LogP contribution in [0.4, 0.5) is 0 Å². The maximum atomic E-state index is 5.70. The van der Waals surface area contributed by atoms with E-state index in [1.807, 2.05) is 17.9 Å². The van der Waals surface area contributed by atoms with Gasteiger partial charge in [0.2, 0.25) is 0 Å². The Morgan fingerprint density at radius 2 is 2.18 bits per heavy atom. The molecule has 0 amide bonds. The molecule has 0 atom stereocenters. The standard InChI is InChI=1S/C13H18N4/c1-17-12(6-7-14)13-9-4-2-3-5-10(9)15-8-11(13)16-17/h8H,2-7,14H2,1H3. The van der Waals surface area contributed by atoms with Crippen LogP contribution < -0.4 is 5.73 Å². The van der Waals surface area contributed by atoms with Crippen molar-refractivity contribution >= 4 is 10.9 Å². The molecule has 0 aliphatic heterocycles. The van der Waals surface area contributed by atoms with Crippen molar-refractivity contribution in [2.24, 2.45) is 12.8 Å². The lowest BCUT2D eigenvalue weighted by Gasteiger charge is -2.15. The molecular weight excluding hydrogens is 212 g/mol. The average Bonchev–Trinajstić information content (AvgIpc) is 2.67. The van der Waals surface area contributed by atoms with Crippen LogP contribution in [-0.2, 0) is 26.3 Å². The number of pyridine rings is 1. The molecule has 90 valence electrons. The second kappa shape index (κ2) is 4.11. The van der Waals surface area contributed by atoms with Crippen LogP contribution in [-0.4, -0.2) is 21.3 Å². The summed E-state index contributed by atoms with van der Waals surface area (Å²) in [5, 5.41) is 5.86. The van der Waals surface area contributed by atoms with Gasteiger partial charge >= 0.3 is 0 Å². The van der Waals surface area contributed by atoms with E-state index in [1.54, 1.807) is 0 Å². The molecule has 4 nitrogen and oxygen atoms in total. The Morgan fingerprint density at radius 1 is 1.35 bits per heavy atom. The van der Waals surface area contributed by atoms with Gasteiger partial charge in [0.25, 0.3) is 0 Å². The molecule has 0 radical (unpaired) electrons. The summed E-state index contributed by atoms with van der Waals surface area (Å²) < 4.78 is 1.97. The van der Waals surface area contributed by atoms with Crippen molar-refractivity contribution in [1.29, 1.82) is 0 Å². The van der Waals surface area contributed by atoms with E-state index in [2.05, 4.69) is 10.1 Å². The quantitative estimate of drug-likeness (QED) is 0.847.